The third kappa shape index (κ3) is 7.98. The molecule has 1 aromatic carbocycles. The van der Waals surface area contributed by atoms with Crippen LogP contribution in [0.2, 0.25) is 0 Å². The second kappa shape index (κ2) is 12.6. The molecule has 1 aliphatic carbocycles. The Hall–Kier alpha value is -2.08. The molecular formula is C24H38N4O2. The molecule has 0 radical (unpaired) electrons. The molecule has 1 unspecified atom stereocenters. The summed E-state index contributed by atoms with van der Waals surface area (Å²) < 4.78 is 0. The molecule has 6 heteroatoms. The minimum Gasteiger partial charge on any atom is -0.385 e. The first-order valence-electron chi connectivity index (χ1n) is 11.9. The Bertz CT molecular complexity index is 656. The van der Waals surface area contributed by atoms with E-state index < -0.39 is 0 Å². The van der Waals surface area contributed by atoms with Gasteiger partial charge in [0, 0.05) is 30.4 Å². The Morgan fingerprint density at radius 2 is 1.47 bits per heavy atom. The molecule has 1 aromatic rings. The van der Waals surface area contributed by atoms with Gasteiger partial charge in [0.1, 0.15) is 6.04 Å². The predicted molar refractivity (Wildman–Crippen MR) is 123 cm³/mol. The Kier molecular flexibility index (Phi) is 9.48. The summed E-state index contributed by atoms with van der Waals surface area (Å²) >= 11 is 0. The number of rotatable bonds is 12. The normalized spacial score (nSPS) is 20.1. The molecule has 30 heavy (non-hydrogen) atoms. The second-order valence-corrected chi connectivity index (χ2v) is 8.71. The first-order chi connectivity index (χ1) is 14.7. The summed E-state index contributed by atoms with van der Waals surface area (Å²) in [5, 5.41) is 12.8. The highest BCUT2D eigenvalue weighted by Crippen LogP contribution is 2.18. The molecule has 0 bridgehead atoms. The molecule has 166 valence electrons. The van der Waals surface area contributed by atoms with Crippen LogP contribution in [0.15, 0.2) is 24.3 Å². The van der Waals surface area contributed by atoms with E-state index in [1.165, 1.54) is 70.8 Å². The van der Waals surface area contributed by atoms with Crippen LogP contribution >= 0.6 is 0 Å². The molecule has 2 fully saturated rings. The number of carbonyl (C=O) groups is 2. The summed E-state index contributed by atoms with van der Waals surface area (Å²) in [6, 6.07) is 8.47. The van der Waals surface area contributed by atoms with Gasteiger partial charge in [-0.25, -0.2) is 0 Å². The summed E-state index contributed by atoms with van der Waals surface area (Å²) in [5.41, 5.74) is 2.00. The minimum absolute atomic E-state index is 0.186. The van der Waals surface area contributed by atoms with Crippen molar-refractivity contribution in [2.75, 3.05) is 23.7 Å². The van der Waals surface area contributed by atoms with Crippen molar-refractivity contribution < 1.29 is 9.59 Å². The van der Waals surface area contributed by atoms with Crippen molar-refractivity contribution in [2.45, 2.75) is 89.1 Å². The van der Waals surface area contributed by atoms with Crippen LogP contribution in [0.4, 0.5) is 11.4 Å². The van der Waals surface area contributed by atoms with E-state index >= 15 is 0 Å². The first kappa shape index (κ1) is 22.6. The average molecular weight is 415 g/mol. The Balaban J connectivity index is 1.20. The molecule has 0 aromatic heterocycles. The average Bonchev–Trinajstić information content (AvgIpc) is 2.76. The van der Waals surface area contributed by atoms with E-state index in [2.05, 4.69) is 21.3 Å². The largest absolute Gasteiger partial charge is 0.385 e. The Morgan fingerprint density at radius 1 is 0.800 bits per heavy atom. The number of anilines is 2. The van der Waals surface area contributed by atoms with Gasteiger partial charge in [-0.1, -0.05) is 38.5 Å². The summed E-state index contributed by atoms with van der Waals surface area (Å²) in [4.78, 5) is 23.0. The molecule has 1 aliphatic heterocycles. The van der Waals surface area contributed by atoms with Gasteiger partial charge < -0.3 is 16.0 Å². The number of unbranched alkanes of at least 4 members (excludes halogenated alkanes) is 4. The monoisotopic (exact) mass is 414 g/mol. The molecule has 1 atom stereocenters. The van der Waals surface area contributed by atoms with Crippen molar-refractivity contribution in [3.63, 3.8) is 0 Å². The molecule has 2 amide bonds. The zero-order valence-corrected chi connectivity index (χ0v) is 18.2. The molecule has 4 N–H and O–H groups in total. The maximum atomic E-state index is 11.8. The van der Waals surface area contributed by atoms with Gasteiger partial charge in [-0.2, -0.15) is 0 Å². The fourth-order valence-electron chi connectivity index (χ4n) is 4.34. The van der Waals surface area contributed by atoms with E-state index in [-0.39, 0.29) is 17.9 Å². The topological polar surface area (TPSA) is 82.3 Å². The van der Waals surface area contributed by atoms with Crippen molar-refractivity contribution in [3.05, 3.63) is 24.3 Å². The fourth-order valence-corrected chi connectivity index (χ4v) is 4.34. The maximum Gasteiger partial charge on any atom is 0.249 e. The van der Waals surface area contributed by atoms with Crippen LogP contribution in [0.5, 0.6) is 0 Å². The SMILES string of the molecule is O=C1CCC(Nc2ccc(NCCCCCCCNC3CCCCC3)cc2)C(=O)N1. The van der Waals surface area contributed by atoms with Crippen LogP contribution < -0.4 is 21.3 Å². The molecule has 0 spiro atoms. The smallest absolute Gasteiger partial charge is 0.249 e. The number of benzene rings is 1. The summed E-state index contributed by atoms with van der Waals surface area (Å²) in [6.45, 7) is 2.17. The summed E-state index contributed by atoms with van der Waals surface area (Å²) in [7, 11) is 0. The first-order valence-corrected chi connectivity index (χ1v) is 11.9. The number of piperidine rings is 1. The number of nitrogens with one attached hydrogen (secondary N) is 4. The van der Waals surface area contributed by atoms with Gasteiger partial charge in [0.2, 0.25) is 11.8 Å². The third-order valence-corrected chi connectivity index (χ3v) is 6.19. The lowest BCUT2D eigenvalue weighted by molar-refractivity contribution is -0.133. The van der Waals surface area contributed by atoms with Crippen LogP contribution in [0, 0.1) is 0 Å². The van der Waals surface area contributed by atoms with Crippen molar-refractivity contribution in [1.82, 2.24) is 10.6 Å². The van der Waals surface area contributed by atoms with Gasteiger partial charge in [0.25, 0.3) is 0 Å². The van der Waals surface area contributed by atoms with Gasteiger partial charge in [-0.15, -0.1) is 0 Å². The standard InChI is InChI=1S/C24H38N4O2/c29-23-16-15-22(24(30)28-23)27-21-13-11-20(12-14-21)26-18-8-3-1-2-7-17-25-19-9-5-4-6-10-19/h11-14,19,22,25-27H,1-10,15-18H2,(H,28,29,30). The highest BCUT2D eigenvalue weighted by atomic mass is 16.2. The zero-order chi connectivity index (χ0) is 21.0. The maximum absolute atomic E-state index is 11.8. The Morgan fingerprint density at radius 3 is 2.20 bits per heavy atom. The highest BCUT2D eigenvalue weighted by molar-refractivity contribution is 6.01. The van der Waals surface area contributed by atoms with Gasteiger partial charge in [0.05, 0.1) is 0 Å². The molecule has 3 rings (SSSR count). The van der Waals surface area contributed by atoms with E-state index in [4.69, 9.17) is 0 Å². The van der Waals surface area contributed by atoms with Crippen LogP contribution in [0.3, 0.4) is 0 Å². The fraction of sp³-hybridized carbons (Fsp3) is 0.667. The lowest BCUT2D eigenvalue weighted by Gasteiger charge is -2.22. The molecule has 6 nitrogen and oxygen atoms in total. The highest BCUT2D eigenvalue weighted by Gasteiger charge is 2.26. The van der Waals surface area contributed by atoms with Crippen molar-refractivity contribution in [3.8, 4) is 0 Å². The number of hydrogen-bond donors (Lipinski definition) is 4. The van der Waals surface area contributed by atoms with Crippen LogP contribution in [-0.4, -0.2) is 37.0 Å². The summed E-state index contributed by atoms with van der Waals surface area (Å²) in [6.07, 6.45) is 14.3. The van der Waals surface area contributed by atoms with Crippen LogP contribution in [-0.2, 0) is 9.59 Å². The van der Waals surface area contributed by atoms with E-state index in [0.717, 1.165) is 24.0 Å². The van der Waals surface area contributed by atoms with Crippen molar-refractivity contribution in [2.24, 2.45) is 0 Å². The van der Waals surface area contributed by atoms with Gasteiger partial charge in [-0.05, 0) is 62.9 Å². The second-order valence-electron chi connectivity index (χ2n) is 8.71. The predicted octanol–water partition coefficient (Wildman–Crippen LogP) is 4.19. The van der Waals surface area contributed by atoms with Gasteiger partial charge in [0.15, 0.2) is 0 Å². The molecule has 1 saturated carbocycles. The van der Waals surface area contributed by atoms with E-state index in [1.807, 2.05) is 24.3 Å². The zero-order valence-electron chi connectivity index (χ0n) is 18.2. The quantitative estimate of drug-likeness (QED) is 0.305. The molecule has 1 heterocycles. The van der Waals surface area contributed by atoms with Crippen molar-refractivity contribution >= 4 is 23.2 Å². The lowest BCUT2D eigenvalue weighted by Crippen LogP contribution is -2.47. The van der Waals surface area contributed by atoms with E-state index in [0.29, 0.717) is 12.8 Å². The molecular weight excluding hydrogens is 376 g/mol. The Labute approximate surface area is 181 Å². The number of imide groups is 1. The van der Waals surface area contributed by atoms with E-state index in [1.54, 1.807) is 0 Å². The van der Waals surface area contributed by atoms with Gasteiger partial charge in [-0.3, -0.25) is 14.9 Å². The van der Waals surface area contributed by atoms with Gasteiger partial charge >= 0.3 is 0 Å². The minimum atomic E-state index is -0.334. The number of amides is 2. The van der Waals surface area contributed by atoms with Crippen LogP contribution in [0.1, 0.15) is 77.0 Å². The number of carbonyl (C=O) groups excluding carboxylic acids is 2. The lowest BCUT2D eigenvalue weighted by atomic mass is 9.95. The number of hydrogen-bond acceptors (Lipinski definition) is 5. The summed E-state index contributed by atoms with van der Waals surface area (Å²) in [5.74, 6) is -0.424. The van der Waals surface area contributed by atoms with Crippen molar-refractivity contribution in [1.29, 1.82) is 0 Å². The molecule has 1 saturated heterocycles. The van der Waals surface area contributed by atoms with E-state index in [9.17, 15) is 9.59 Å². The van der Waals surface area contributed by atoms with Crippen LogP contribution in [0.25, 0.3) is 0 Å². The third-order valence-electron chi connectivity index (χ3n) is 6.19. The molecule has 2 aliphatic rings.